The molecule has 140 valence electrons. The number of carbonyl (C=O) groups is 3. The fourth-order valence-corrected chi connectivity index (χ4v) is 2.40. The second kappa shape index (κ2) is 11.0. The Morgan fingerprint density at radius 3 is 2.00 bits per heavy atom. The summed E-state index contributed by atoms with van der Waals surface area (Å²) in [5.74, 6) is -0.233. The number of urea groups is 1. The van der Waals surface area contributed by atoms with Gasteiger partial charge in [-0.15, -0.1) is 0 Å². The molecule has 0 heterocycles. The maximum atomic E-state index is 12.6. The second-order valence-corrected chi connectivity index (χ2v) is 7.09. The first kappa shape index (κ1) is 22.4. The van der Waals surface area contributed by atoms with E-state index >= 15 is 0 Å². The Balaban J connectivity index is 4.85. The molecule has 0 aromatic heterocycles. The van der Waals surface area contributed by atoms with Gasteiger partial charge < -0.3 is 21.7 Å². The maximum absolute atomic E-state index is 12.6. The van der Waals surface area contributed by atoms with E-state index in [1.165, 1.54) is 0 Å². The predicted octanol–water partition coefficient (Wildman–Crippen LogP) is 1.17. The topological polar surface area (TPSA) is 113 Å². The average molecular weight is 342 g/mol. The molecule has 0 saturated heterocycles. The van der Waals surface area contributed by atoms with Crippen molar-refractivity contribution in [3.63, 3.8) is 0 Å². The third kappa shape index (κ3) is 8.86. The average Bonchev–Trinajstić information content (AvgIpc) is 2.45. The highest BCUT2D eigenvalue weighted by molar-refractivity contribution is 5.91. The third-order valence-corrected chi connectivity index (χ3v) is 3.66. The molecule has 0 aromatic rings. The smallest absolute Gasteiger partial charge is 0.312 e. The van der Waals surface area contributed by atoms with Gasteiger partial charge in [-0.2, -0.15) is 0 Å². The Kier molecular flexibility index (Phi) is 10.3. The number of Topliss-reactive ketones (excluding diaryl/α,β-unsaturated/α-hetero) is 1. The van der Waals surface area contributed by atoms with Crippen molar-refractivity contribution in [2.75, 3.05) is 6.54 Å². The molecule has 7 heteroatoms. The lowest BCUT2D eigenvalue weighted by Crippen LogP contribution is -2.54. The molecule has 0 bridgehead atoms. The highest BCUT2D eigenvalue weighted by Gasteiger charge is 2.28. The van der Waals surface area contributed by atoms with Gasteiger partial charge in [0.2, 0.25) is 5.91 Å². The number of amides is 3. The number of primary amides is 1. The molecule has 0 fully saturated rings. The van der Waals surface area contributed by atoms with Crippen molar-refractivity contribution >= 4 is 17.7 Å². The molecule has 0 aliphatic rings. The number of nitrogens with two attached hydrogens (primary N) is 1. The lowest BCUT2D eigenvalue weighted by molar-refractivity contribution is -0.131. The van der Waals surface area contributed by atoms with Crippen LogP contribution in [0.25, 0.3) is 0 Å². The molecule has 2 atom stereocenters. The highest BCUT2D eigenvalue weighted by atomic mass is 16.2. The van der Waals surface area contributed by atoms with E-state index in [0.29, 0.717) is 19.4 Å². The van der Waals surface area contributed by atoms with Gasteiger partial charge in [0.1, 0.15) is 0 Å². The fraction of sp³-hybridized carbons (Fsp3) is 0.824. The first-order chi connectivity index (χ1) is 11.1. The van der Waals surface area contributed by atoms with E-state index in [1.54, 1.807) is 0 Å². The van der Waals surface area contributed by atoms with Gasteiger partial charge in [-0.1, -0.05) is 41.5 Å². The van der Waals surface area contributed by atoms with Gasteiger partial charge >= 0.3 is 6.03 Å². The molecule has 0 aromatic carbocycles. The second-order valence-electron chi connectivity index (χ2n) is 7.09. The predicted molar refractivity (Wildman–Crippen MR) is 95.5 cm³/mol. The van der Waals surface area contributed by atoms with Crippen LogP contribution in [0.5, 0.6) is 0 Å². The lowest BCUT2D eigenvalue weighted by Gasteiger charge is -2.27. The van der Waals surface area contributed by atoms with Crippen LogP contribution in [0.1, 0.15) is 54.4 Å². The van der Waals surface area contributed by atoms with E-state index in [4.69, 9.17) is 5.73 Å². The maximum Gasteiger partial charge on any atom is 0.312 e. The van der Waals surface area contributed by atoms with Crippen LogP contribution in [0.4, 0.5) is 4.79 Å². The molecule has 7 nitrogen and oxygen atoms in total. The Hall–Kier alpha value is -1.63. The summed E-state index contributed by atoms with van der Waals surface area (Å²) < 4.78 is 0. The van der Waals surface area contributed by atoms with Crippen LogP contribution in [0.15, 0.2) is 0 Å². The summed E-state index contributed by atoms with van der Waals surface area (Å²) in [6.07, 6.45) is 1.03. The Labute approximate surface area is 145 Å². The van der Waals surface area contributed by atoms with Crippen molar-refractivity contribution in [2.24, 2.45) is 17.6 Å². The van der Waals surface area contributed by atoms with Crippen molar-refractivity contribution in [3.05, 3.63) is 0 Å². The Bertz CT molecular complexity index is 422. The summed E-state index contributed by atoms with van der Waals surface area (Å²) in [6, 6.07) is -1.33. The van der Waals surface area contributed by atoms with Crippen molar-refractivity contribution < 1.29 is 14.4 Å². The molecule has 0 radical (unpaired) electrons. The monoisotopic (exact) mass is 342 g/mol. The van der Waals surface area contributed by atoms with Gasteiger partial charge in [0.25, 0.3) is 0 Å². The zero-order chi connectivity index (χ0) is 18.9. The van der Waals surface area contributed by atoms with Crippen LogP contribution in [-0.4, -0.2) is 42.4 Å². The van der Waals surface area contributed by atoms with E-state index in [0.717, 1.165) is 0 Å². The van der Waals surface area contributed by atoms with E-state index in [9.17, 15) is 14.4 Å². The largest absolute Gasteiger partial charge is 0.352 e. The molecule has 0 aliphatic carbocycles. The summed E-state index contributed by atoms with van der Waals surface area (Å²) in [7, 11) is 0. The molecule has 24 heavy (non-hydrogen) atoms. The van der Waals surface area contributed by atoms with E-state index < -0.39 is 12.1 Å². The fourth-order valence-electron chi connectivity index (χ4n) is 2.40. The van der Waals surface area contributed by atoms with Gasteiger partial charge in [0.15, 0.2) is 5.78 Å². The molecule has 3 amide bonds. The quantitative estimate of drug-likeness (QED) is 0.422. The zero-order valence-electron chi connectivity index (χ0n) is 15.8. The molecular formula is C17H34N4O3. The first-order valence-electron chi connectivity index (χ1n) is 8.69. The number of hydrogen-bond donors (Lipinski definition) is 4. The van der Waals surface area contributed by atoms with Gasteiger partial charge in [-0.25, -0.2) is 4.79 Å². The molecule has 0 aliphatic heterocycles. The zero-order valence-corrected chi connectivity index (χ0v) is 15.8. The third-order valence-electron chi connectivity index (χ3n) is 3.66. The van der Waals surface area contributed by atoms with E-state index in [2.05, 4.69) is 16.0 Å². The molecular weight excluding hydrogens is 308 g/mol. The molecule has 0 rings (SSSR count). The first-order valence-corrected chi connectivity index (χ1v) is 8.69. The van der Waals surface area contributed by atoms with Crippen LogP contribution in [0.2, 0.25) is 0 Å². The van der Waals surface area contributed by atoms with Crippen molar-refractivity contribution in [1.29, 1.82) is 0 Å². The SMILES string of the molecule is CC(C)NC(C(=O)N[C@@H](CCCNC(N)=O)C(=O)C(C)C)C(C)C. The molecule has 5 N–H and O–H groups in total. The minimum atomic E-state index is -0.591. The standard InChI is InChI=1S/C17H34N4O3/c1-10(2)14(20-12(5)6)16(23)21-13(15(22)11(3)4)8-7-9-19-17(18)24/h10-14,20H,7-9H2,1-6H3,(H,21,23)(H3,18,19,24)/t13-,14?/m0/s1. The number of rotatable bonds is 11. The van der Waals surface area contributed by atoms with Crippen LogP contribution in [0.3, 0.4) is 0 Å². The van der Waals surface area contributed by atoms with E-state index in [-0.39, 0.29) is 35.6 Å². The normalized spacial score (nSPS) is 13.9. The van der Waals surface area contributed by atoms with Crippen molar-refractivity contribution in [3.8, 4) is 0 Å². The summed E-state index contributed by atoms with van der Waals surface area (Å²) in [5, 5.41) is 8.61. The summed E-state index contributed by atoms with van der Waals surface area (Å²) in [4.78, 5) is 35.7. The van der Waals surface area contributed by atoms with Crippen molar-refractivity contribution in [1.82, 2.24) is 16.0 Å². The molecule has 0 spiro atoms. The van der Waals surface area contributed by atoms with Gasteiger partial charge in [0.05, 0.1) is 12.1 Å². The van der Waals surface area contributed by atoms with E-state index in [1.807, 2.05) is 41.5 Å². The number of ketones is 1. The summed E-state index contributed by atoms with van der Waals surface area (Å²) in [5.41, 5.74) is 5.02. The summed E-state index contributed by atoms with van der Waals surface area (Å²) >= 11 is 0. The van der Waals surface area contributed by atoms with Crippen LogP contribution in [-0.2, 0) is 9.59 Å². The number of nitrogens with one attached hydrogen (secondary N) is 3. The summed E-state index contributed by atoms with van der Waals surface area (Å²) in [6.45, 7) is 11.9. The Morgan fingerprint density at radius 1 is 1.00 bits per heavy atom. The van der Waals surface area contributed by atoms with Gasteiger partial charge in [-0.05, 0) is 18.8 Å². The van der Waals surface area contributed by atoms with Crippen LogP contribution in [0, 0.1) is 11.8 Å². The van der Waals surface area contributed by atoms with Crippen molar-refractivity contribution in [2.45, 2.75) is 72.5 Å². The molecule has 1 unspecified atom stereocenters. The van der Waals surface area contributed by atoms with Gasteiger partial charge in [0, 0.05) is 18.5 Å². The number of carbonyl (C=O) groups excluding carboxylic acids is 3. The lowest BCUT2D eigenvalue weighted by atomic mass is 9.96. The van der Waals surface area contributed by atoms with Gasteiger partial charge in [-0.3, -0.25) is 9.59 Å². The Morgan fingerprint density at radius 2 is 1.58 bits per heavy atom. The van der Waals surface area contributed by atoms with Crippen LogP contribution >= 0.6 is 0 Å². The minimum absolute atomic E-state index is 0.00511. The van der Waals surface area contributed by atoms with Crippen LogP contribution < -0.4 is 21.7 Å². The minimum Gasteiger partial charge on any atom is -0.352 e. The molecule has 0 saturated carbocycles. The highest BCUT2D eigenvalue weighted by Crippen LogP contribution is 2.09. The number of hydrogen-bond acceptors (Lipinski definition) is 4.